The number of benzene rings is 2. The van der Waals surface area contributed by atoms with Gasteiger partial charge in [0.05, 0.1) is 14.2 Å². The molecule has 0 fully saturated rings. The number of ether oxygens (including phenoxy) is 4. The lowest BCUT2D eigenvalue weighted by atomic mass is 10.1. The molecule has 9 heteroatoms. The Kier molecular flexibility index (Phi) is 9.28. The highest BCUT2D eigenvalue weighted by Crippen LogP contribution is 2.29. The summed E-state index contributed by atoms with van der Waals surface area (Å²) in [5.74, 6) is -0.429. The van der Waals surface area contributed by atoms with E-state index in [1.807, 2.05) is 24.3 Å². The van der Waals surface area contributed by atoms with Crippen molar-refractivity contribution in [1.82, 2.24) is 5.32 Å². The number of esters is 1. The summed E-state index contributed by atoms with van der Waals surface area (Å²) < 4.78 is 44.0. The van der Waals surface area contributed by atoms with Crippen LogP contribution in [0.2, 0.25) is 0 Å². The monoisotopic (exact) mass is 435 g/mol. The van der Waals surface area contributed by atoms with Gasteiger partial charge in [0, 0.05) is 12.6 Å². The van der Waals surface area contributed by atoms with Gasteiger partial charge in [-0.2, -0.15) is 8.78 Å². The van der Waals surface area contributed by atoms with Crippen LogP contribution in [0, 0.1) is 0 Å². The number of rotatable bonds is 11. The molecule has 0 aliphatic rings. The van der Waals surface area contributed by atoms with Crippen molar-refractivity contribution >= 4 is 18.0 Å². The fourth-order valence-corrected chi connectivity index (χ4v) is 2.52. The molecule has 0 aliphatic heterocycles. The Hall–Kier alpha value is -3.62. The third-order valence-corrected chi connectivity index (χ3v) is 4.06. The van der Waals surface area contributed by atoms with Gasteiger partial charge in [-0.15, -0.1) is 0 Å². The van der Waals surface area contributed by atoms with Gasteiger partial charge in [0.1, 0.15) is 5.75 Å². The van der Waals surface area contributed by atoms with Gasteiger partial charge < -0.3 is 24.3 Å². The number of carbonyl (C=O) groups excluding carboxylic acids is 2. The molecule has 0 spiro atoms. The molecule has 0 radical (unpaired) electrons. The van der Waals surface area contributed by atoms with Crippen LogP contribution in [-0.4, -0.2) is 45.9 Å². The van der Waals surface area contributed by atoms with Crippen molar-refractivity contribution in [1.29, 1.82) is 0 Å². The Morgan fingerprint density at radius 3 is 2.42 bits per heavy atom. The van der Waals surface area contributed by atoms with Gasteiger partial charge in [-0.05, 0) is 47.9 Å². The molecular formula is C22H23F2NO6. The van der Waals surface area contributed by atoms with E-state index in [2.05, 4.69) is 10.1 Å². The maximum Gasteiger partial charge on any atom is 0.387 e. The van der Waals surface area contributed by atoms with Gasteiger partial charge in [0.25, 0.3) is 5.91 Å². The average molecular weight is 435 g/mol. The number of carbonyl (C=O) groups is 2. The van der Waals surface area contributed by atoms with Gasteiger partial charge in [0.15, 0.2) is 18.1 Å². The molecule has 0 saturated heterocycles. The lowest BCUT2D eigenvalue weighted by Gasteiger charge is -2.10. The van der Waals surface area contributed by atoms with Gasteiger partial charge in [-0.3, -0.25) is 4.79 Å². The zero-order chi connectivity index (χ0) is 22.6. The van der Waals surface area contributed by atoms with Crippen LogP contribution in [0.1, 0.15) is 11.1 Å². The highest BCUT2D eigenvalue weighted by molar-refractivity contribution is 5.89. The second-order valence-corrected chi connectivity index (χ2v) is 6.18. The van der Waals surface area contributed by atoms with Crippen LogP contribution in [0.4, 0.5) is 8.78 Å². The maximum absolute atomic E-state index is 12.3. The zero-order valence-electron chi connectivity index (χ0n) is 17.1. The van der Waals surface area contributed by atoms with E-state index >= 15 is 0 Å². The van der Waals surface area contributed by atoms with Crippen LogP contribution in [0.25, 0.3) is 6.08 Å². The van der Waals surface area contributed by atoms with Gasteiger partial charge in [-0.25, -0.2) is 4.79 Å². The number of nitrogens with one attached hydrogen (secondary N) is 1. The van der Waals surface area contributed by atoms with Crippen molar-refractivity contribution in [2.75, 3.05) is 27.4 Å². The molecule has 7 nitrogen and oxygen atoms in total. The number of hydrogen-bond donors (Lipinski definition) is 1. The van der Waals surface area contributed by atoms with E-state index in [1.165, 1.54) is 31.4 Å². The van der Waals surface area contributed by atoms with E-state index < -0.39 is 25.1 Å². The molecule has 0 atom stereocenters. The van der Waals surface area contributed by atoms with Crippen molar-refractivity contribution in [2.24, 2.45) is 0 Å². The average Bonchev–Trinajstić information content (AvgIpc) is 2.77. The van der Waals surface area contributed by atoms with Crippen LogP contribution >= 0.6 is 0 Å². The summed E-state index contributed by atoms with van der Waals surface area (Å²) >= 11 is 0. The Balaban J connectivity index is 1.75. The number of hydrogen-bond acceptors (Lipinski definition) is 6. The molecule has 0 aliphatic carbocycles. The first-order valence-corrected chi connectivity index (χ1v) is 9.28. The summed E-state index contributed by atoms with van der Waals surface area (Å²) in [5, 5.41) is 2.66. The number of amides is 1. The summed E-state index contributed by atoms with van der Waals surface area (Å²) in [6.45, 7) is -3.01. The molecule has 2 aromatic carbocycles. The van der Waals surface area contributed by atoms with Crippen molar-refractivity contribution in [2.45, 2.75) is 13.0 Å². The molecule has 0 heterocycles. The number of alkyl halides is 2. The van der Waals surface area contributed by atoms with Crippen LogP contribution in [0.5, 0.6) is 17.2 Å². The van der Waals surface area contributed by atoms with E-state index in [0.29, 0.717) is 18.5 Å². The first-order valence-electron chi connectivity index (χ1n) is 9.28. The van der Waals surface area contributed by atoms with Crippen LogP contribution in [-0.2, 0) is 20.7 Å². The van der Waals surface area contributed by atoms with Crippen LogP contribution in [0.15, 0.2) is 48.5 Å². The predicted octanol–water partition coefficient (Wildman–Crippen LogP) is 3.22. The summed E-state index contributed by atoms with van der Waals surface area (Å²) in [6, 6.07) is 11.7. The predicted molar refractivity (Wildman–Crippen MR) is 109 cm³/mol. The van der Waals surface area contributed by atoms with Crippen molar-refractivity contribution in [3.8, 4) is 17.2 Å². The number of methoxy groups -OCH3 is 2. The lowest BCUT2D eigenvalue weighted by Crippen LogP contribution is -2.30. The minimum atomic E-state index is -2.98. The molecule has 2 aromatic rings. The standard InChI is InChI=1S/C22H23F2NO6/c1-28-17-7-3-15(4-8-17)11-12-25-20(26)14-30-21(27)10-6-16-5-9-18(31-22(23)24)19(13-16)29-2/h3-10,13,22H,11-12,14H2,1-2H3,(H,25,26)/b10-6+. The fraction of sp³-hybridized carbons (Fsp3) is 0.273. The topological polar surface area (TPSA) is 83.1 Å². The van der Waals surface area contributed by atoms with Crippen LogP contribution in [0.3, 0.4) is 0 Å². The van der Waals surface area contributed by atoms with Crippen LogP contribution < -0.4 is 19.5 Å². The minimum Gasteiger partial charge on any atom is -0.497 e. The summed E-state index contributed by atoms with van der Waals surface area (Å²) in [6.07, 6.45) is 3.14. The molecule has 2 rings (SSSR count). The second-order valence-electron chi connectivity index (χ2n) is 6.18. The third kappa shape index (κ3) is 8.33. The molecular weight excluding hydrogens is 412 g/mol. The maximum atomic E-state index is 12.3. The Morgan fingerprint density at radius 1 is 1.03 bits per heavy atom. The van der Waals surface area contributed by atoms with E-state index in [-0.39, 0.29) is 11.5 Å². The highest BCUT2D eigenvalue weighted by Gasteiger charge is 2.11. The second kappa shape index (κ2) is 12.2. The smallest absolute Gasteiger partial charge is 0.387 e. The highest BCUT2D eigenvalue weighted by atomic mass is 19.3. The lowest BCUT2D eigenvalue weighted by molar-refractivity contribution is -0.143. The molecule has 1 amide bonds. The number of halogens is 2. The molecule has 0 saturated carbocycles. The SMILES string of the molecule is COc1ccc(CCNC(=O)COC(=O)/C=C/c2ccc(OC(F)F)c(OC)c2)cc1. The summed E-state index contributed by atoms with van der Waals surface area (Å²) in [5.41, 5.74) is 1.53. The third-order valence-electron chi connectivity index (χ3n) is 4.06. The molecule has 0 unspecified atom stereocenters. The largest absolute Gasteiger partial charge is 0.497 e. The van der Waals surface area contributed by atoms with E-state index in [4.69, 9.17) is 14.2 Å². The minimum absolute atomic E-state index is 0.0899. The summed E-state index contributed by atoms with van der Waals surface area (Å²) in [7, 11) is 2.90. The molecule has 0 bridgehead atoms. The zero-order valence-corrected chi connectivity index (χ0v) is 17.1. The Bertz CT molecular complexity index is 899. The van der Waals surface area contributed by atoms with Gasteiger partial charge >= 0.3 is 12.6 Å². The van der Waals surface area contributed by atoms with Crippen molar-refractivity contribution in [3.05, 3.63) is 59.7 Å². The first kappa shape index (κ1) is 23.7. The van der Waals surface area contributed by atoms with Crippen molar-refractivity contribution in [3.63, 3.8) is 0 Å². The van der Waals surface area contributed by atoms with E-state index in [9.17, 15) is 18.4 Å². The van der Waals surface area contributed by atoms with E-state index in [1.54, 1.807) is 7.11 Å². The molecule has 31 heavy (non-hydrogen) atoms. The Labute approximate surface area is 178 Å². The quantitative estimate of drug-likeness (QED) is 0.431. The molecule has 166 valence electrons. The normalized spacial score (nSPS) is 10.7. The summed E-state index contributed by atoms with van der Waals surface area (Å²) in [4.78, 5) is 23.6. The van der Waals surface area contributed by atoms with Crippen molar-refractivity contribution < 1.29 is 37.3 Å². The fourth-order valence-electron chi connectivity index (χ4n) is 2.52. The van der Waals surface area contributed by atoms with Gasteiger partial charge in [0.2, 0.25) is 0 Å². The Morgan fingerprint density at radius 2 is 1.77 bits per heavy atom. The molecule has 0 aromatic heterocycles. The van der Waals surface area contributed by atoms with Gasteiger partial charge in [-0.1, -0.05) is 18.2 Å². The molecule has 1 N–H and O–H groups in total. The first-order chi connectivity index (χ1) is 14.9. The van der Waals surface area contributed by atoms with E-state index in [0.717, 1.165) is 17.4 Å².